The number of pyridine rings is 1. The molecule has 3 nitrogen and oxygen atoms in total. The van der Waals surface area contributed by atoms with E-state index < -0.39 is 0 Å². The molecular formula is C9H12ClNO2S. The van der Waals surface area contributed by atoms with Gasteiger partial charge in [0.15, 0.2) is 0 Å². The van der Waals surface area contributed by atoms with Crippen molar-refractivity contribution < 1.29 is 9.84 Å². The van der Waals surface area contributed by atoms with E-state index in [-0.39, 0.29) is 6.61 Å². The lowest BCUT2D eigenvalue weighted by Gasteiger charge is -2.03. The molecule has 0 unspecified atom stereocenters. The van der Waals surface area contributed by atoms with Gasteiger partial charge in [0.2, 0.25) is 0 Å². The van der Waals surface area contributed by atoms with Crippen LogP contribution in [0.4, 0.5) is 0 Å². The van der Waals surface area contributed by atoms with Gasteiger partial charge in [0.1, 0.15) is 5.03 Å². The van der Waals surface area contributed by atoms with E-state index in [1.807, 2.05) is 6.07 Å². The van der Waals surface area contributed by atoms with Crippen molar-refractivity contribution in [3.05, 3.63) is 23.4 Å². The second-order valence-corrected chi connectivity index (χ2v) is 3.97. The monoisotopic (exact) mass is 233 g/mol. The van der Waals surface area contributed by atoms with Crippen molar-refractivity contribution in [2.45, 2.75) is 5.03 Å². The van der Waals surface area contributed by atoms with E-state index in [4.69, 9.17) is 21.4 Å². The fourth-order valence-electron chi connectivity index (χ4n) is 0.841. The fraction of sp³-hybridized carbons (Fsp3) is 0.444. The number of halogens is 1. The average Bonchev–Trinajstić information content (AvgIpc) is 2.20. The summed E-state index contributed by atoms with van der Waals surface area (Å²) in [4.78, 5) is 4.12. The van der Waals surface area contributed by atoms with Crippen LogP contribution in [0.15, 0.2) is 23.4 Å². The molecule has 0 aliphatic rings. The van der Waals surface area contributed by atoms with Crippen molar-refractivity contribution in [2.24, 2.45) is 0 Å². The van der Waals surface area contributed by atoms with E-state index >= 15 is 0 Å². The maximum Gasteiger partial charge on any atom is 0.115 e. The molecule has 1 rings (SSSR count). The molecule has 0 atom stereocenters. The molecule has 0 aromatic carbocycles. The molecule has 0 amide bonds. The number of aliphatic hydroxyl groups is 1. The van der Waals surface area contributed by atoms with Gasteiger partial charge in [-0.05, 0) is 12.1 Å². The summed E-state index contributed by atoms with van der Waals surface area (Å²) < 4.78 is 5.10. The molecule has 1 N–H and O–H groups in total. The Morgan fingerprint density at radius 1 is 1.50 bits per heavy atom. The van der Waals surface area contributed by atoms with Crippen molar-refractivity contribution >= 4 is 23.4 Å². The highest BCUT2D eigenvalue weighted by Gasteiger charge is 2.00. The van der Waals surface area contributed by atoms with Crippen LogP contribution in [0.25, 0.3) is 0 Å². The number of nitrogens with zero attached hydrogens (tertiary/aromatic N) is 1. The van der Waals surface area contributed by atoms with Gasteiger partial charge in [-0.25, -0.2) is 4.98 Å². The molecule has 1 aromatic rings. The summed E-state index contributed by atoms with van der Waals surface area (Å²) in [7, 11) is 0. The lowest BCUT2D eigenvalue weighted by molar-refractivity contribution is 0.103. The highest BCUT2D eigenvalue weighted by Crippen LogP contribution is 2.23. The molecule has 0 saturated heterocycles. The number of rotatable bonds is 6. The van der Waals surface area contributed by atoms with E-state index in [1.54, 1.807) is 24.0 Å². The van der Waals surface area contributed by atoms with E-state index in [0.717, 1.165) is 10.8 Å². The maximum atomic E-state index is 8.46. The summed E-state index contributed by atoms with van der Waals surface area (Å²) in [6.07, 6.45) is 1.71. The summed E-state index contributed by atoms with van der Waals surface area (Å²) in [5.74, 6) is 0.788. The van der Waals surface area contributed by atoms with Crippen LogP contribution in [-0.2, 0) is 4.74 Å². The minimum atomic E-state index is 0.0645. The van der Waals surface area contributed by atoms with Crippen LogP contribution in [0.1, 0.15) is 0 Å². The summed E-state index contributed by atoms with van der Waals surface area (Å²) in [6, 6.07) is 3.61. The minimum Gasteiger partial charge on any atom is -0.394 e. The Morgan fingerprint density at radius 2 is 2.36 bits per heavy atom. The van der Waals surface area contributed by atoms with E-state index in [0.29, 0.717) is 18.2 Å². The van der Waals surface area contributed by atoms with Crippen molar-refractivity contribution in [3.63, 3.8) is 0 Å². The van der Waals surface area contributed by atoms with Crippen LogP contribution in [0.3, 0.4) is 0 Å². The van der Waals surface area contributed by atoms with Crippen LogP contribution in [-0.4, -0.2) is 35.7 Å². The van der Waals surface area contributed by atoms with Crippen LogP contribution in [0.2, 0.25) is 5.02 Å². The summed E-state index contributed by atoms with van der Waals surface area (Å²) in [5, 5.41) is 9.95. The summed E-state index contributed by atoms with van der Waals surface area (Å²) >= 11 is 7.45. The lowest BCUT2D eigenvalue weighted by atomic mass is 10.5. The smallest absolute Gasteiger partial charge is 0.115 e. The Bertz CT molecular complexity index is 273. The third-order valence-electron chi connectivity index (χ3n) is 1.43. The van der Waals surface area contributed by atoms with Crippen molar-refractivity contribution in [3.8, 4) is 0 Å². The largest absolute Gasteiger partial charge is 0.394 e. The number of aliphatic hydroxyl groups excluding tert-OH is 1. The van der Waals surface area contributed by atoms with Gasteiger partial charge in [0, 0.05) is 11.9 Å². The highest BCUT2D eigenvalue weighted by molar-refractivity contribution is 7.99. The molecule has 0 saturated carbocycles. The molecule has 1 aromatic heterocycles. The molecule has 0 aliphatic heterocycles. The van der Waals surface area contributed by atoms with Crippen LogP contribution < -0.4 is 0 Å². The standard InChI is InChI=1S/C9H12ClNO2S/c10-8-2-1-3-11-9(8)14-7-6-13-5-4-12/h1-3,12H,4-7H2. The topological polar surface area (TPSA) is 42.4 Å². The first-order chi connectivity index (χ1) is 6.84. The van der Waals surface area contributed by atoms with Crippen molar-refractivity contribution in [1.82, 2.24) is 4.98 Å². The van der Waals surface area contributed by atoms with Crippen molar-refractivity contribution in [2.75, 3.05) is 25.6 Å². The van der Waals surface area contributed by atoms with E-state index in [9.17, 15) is 0 Å². The quantitative estimate of drug-likeness (QED) is 0.602. The number of thioether (sulfide) groups is 1. The Morgan fingerprint density at radius 3 is 3.07 bits per heavy atom. The molecular weight excluding hydrogens is 222 g/mol. The average molecular weight is 234 g/mol. The molecule has 0 bridgehead atoms. The second kappa shape index (κ2) is 7.06. The normalized spacial score (nSPS) is 10.4. The predicted molar refractivity (Wildman–Crippen MR) is 57.9 cm³/mol. The summed E-state index contributed by atoms with van der Waals surface area (Å²) in [6.45, 7) is 1.05. The zero-order valence-electron chi connectivity index (χ0n) is 7.65. The van der Waals surface area contributed by atoms with Gasteiger partial charge < -0.3 is 9.84 Å². The number of ether oxygens (including phenoxy) is 1. The minimum absolute atomic E-state index is 0.0645. The van der Waals surface area contributed by atoms with Gasteiger partial charge in [0.25, 0.3) is 0 Å². The Kier molecular flexibility index (Phi) is 5.94. The van der Waals surface area contributed by atoms with Gasteiger partial charge >= 0.3 is 0 Å². The number of hydrogen-bond donors (Lipinski definition) is 1. The molecule has 0 spiro atoms. The number of aromatic nitrogens is 1. The van der Waals surface area contributed by atoms with Gasteiger partial charge in [-0.2, -0.15) is 0 Å². The third-order valence-corrected chi connectivity index (χ3v) is 2.81. The van der Waals surface area contributed by atoms with Crippen LogP contribution >= 0.6 is 23.4 Å². The van der Waals surface area contributed by atoms with Crippen molar-refractivity contribution in [1.29, 1.82) is 0 Å². The molecule has 0 radical (unpaired) electrons. The molecule has 0 aliphatic carbocycles. The Balaban J connectivity index is 2.21. The Hall–Kier alpha value is -0.290. The van der Waals surface area contributed by atoms with Crippen LogP contribution in [0, 0.1) is 0 Å². The van der Waals surface area contributed by atoms with E-state index in [1.165, 1.54) is 0 Å². The van der Waals surface area contributed by atoms with E-state index in [2.05, 4.69) is 4.98 Å². The highest BCUT2D eigenvalue weighted by atomic mass is 35.5. The second-order valence-electron chi connectivity index (χ2n) is 2.47. The Labute approximate surface area is 92.4 Å². The van der Waals surface area contributed by atoms with Crippen LogP contribution in [0.5, 0.6) is 0 Å². The van der Waals surface area contributed by atoms with Gasteiger partial charge in [-0.1, -0.05) is 11.6 Å². The van der Waals surface area contributed by atoms with Gasteiger partial charge in [-0.15, -0.1) is 11.8 Å². The summed E-state index contributed by atoms with van der Waals surface area (Å²) in [5.41, 5.74) is 0. The molecule has 5 heteroatoms. The molecule has 0 fully saturated rings. The first-order valence-electron chi connectivity index (χ1n) is 4.26. The predicted octanol–water partition coefficient (Wildman–Crippen LogP) is 1.84. The zero-order valence-corrected chi connectivity index (χ0v) is 9.22. The molecule has 1 heterocycles. The lowest BCUT2D eigenvalue weighted by Crippen LogP contribution is -2.02. The fourth-order valence-corrected chi connectivity index (χ4v) is 1.86. The maximum absolute atomic E-state index is 8.46. The first kappa shape index (κ1) is 11.8. The molecule has 78 valence electrons. The van der Waals surface area contributed by atoms with Gasteiger partial charge in [-0.3, -0.25) is 0 Å². The SMILES string of the molecule is OCCOCCSc1ncccc1Cl. The third kappa shape index (κ3) is 4.28. The molecule has 14 heavy (non-hydrogen) atoms. The first-order valence-corrected chi connectivity index (χ1v) is 5.63. The number of hydrogen-bond acceptors (Lipinski definition) is 4. The van der Waals surface area contributed by atoms with Gasteiger partial charge in [0.05, 0.1) is 24.8 Å². The zero-order chi connectivity index (χ0) is 10.2.